The number of benzene rings is 3. The number of rotatable bonds is 0. The molecule has 2 aliphatic heterocycles. The Kier molecular flexibility index (Phi) is 4.90. The van der Waals surface area contributed by atoms with Gasteiger partial charge in [0.2, 0.25) is 0 Å². The van der Waals surface area contributed by atoms with Crippen molar-refractivity contribution >= 4 is 84.2 Å². The Labute approximate surface area is 211 Å². The Balaban J connectivity index is 2.02. The third-order valence-electron chi connectivity index (χ3n) is 5.19. The lowest BCUT2D eigenvalue weighted by Crippen LogP contribution is -2.33. The SMILES string of the molecule is O=C1OC2(c3ccc(O)c(Br)c3Oc3c2ccc(O)c3Br)c2c(Cl)c(Cl)c(Cl)c(Cl)c21. The van der Waals surface area contributed by atoms with Crippen molar-refractivity contribution in [3.05, 3.63) is 75.6 Å². The van der Waals surface area contributed by atoms with Gasteiger partial charge in [-0.1, -0.05) is 46.4 Å². The average Bonchev–Trinajstić information content (AvgIpc) is 3.04. The Morgan fingerprint density at radius 3 is 1.77 bits per heavy atom. The normalized spacial score (nSPS) is 15.2. The second-order valence-corrected chi connectivity index (χ2v) is 9.83. The molecule has 0 amide bonds. The molecule has 31 heavy (non-hydrogen) atoms. The van der Waals surface area contributed by atoms with Crippen LogP contribution in [0.15, 0.2) is 33.2 Å². The first-order chi connectivity index (χ1) is 14.6. The van der Waals surface area contributed by atoms with Crippen molar-refractivity contribution in [1.82, 2.24) is 0 Å². The number of aromatic hydroxyl groups is 2. The van der Waals surface area contributed by atoms with Gasteiger partial charge in [0.05, 0.1) is 25.7 Å². The molecule has 0 saturated carbocycles. The van der Waals surface area contributed by atoms with Gasteiger partial charge in [0.25, 0.3) is 0 Å². The smallest absolute Gasteiger partial charge is 0.341 e. The minimum Gasteiger partial charge on any atom is -0.507 e. The highest BCUT2D eigenvalue weighted by Crippen LogP contribution is 2.63. The van der Waals surface area contributed by atoms with E-state index in [0.29, 0.717) is 11.1 Å². The Morgan fingerprint density at radius 1 is 0.774 bits per heavy atom. The van der Waals surface area contributed by atoms with Crippen LogP contribution in [-0.4, -0.2) is 16.2 Å². The summed E-state index contributed by atoms with van der Waals surface area (Å²) in [6, 6.07) is 5.89. The molecule has 0 unspecified atom stereocenters. The number of halogens is 6. The van der Waals surface area contributed by atoms with E-state index in [1.54, 1.807) is 0 Å². The maximum atomic E-state index is 13.1. The van der Waals surface area contributed by atoms with E-state index in [1.165, 1.54) is 24.3 Å². The number of esters is 1. The van der Waals surface area contributed by atoms with Gasteiger partial charge < -0.3 is 19.7 Å². The summed E-state index contributed by atoms with van der Waals surface area (Å²) in [6.45, 7) is 0. The monoisotopic (exact) mass is 624 g/mol. The van der Waals surface area contributed by atoms with Crippen molar-refractivity contribution in [3.63, 3.8) is 0 Å². The number of hydrogen-bond donors (Lipinski definition) is 2. The zero-order valence-electron chi connectivity index (χ0n) is 14.7. The third kappa shape index (κ3) is 2.65. The molecule has 0 fully saturated rings. The van der Waals surface area contributed by atoms with Gasteiger partial charge in [-0.05, 0) is 56.1 Å². The first-order valence-corrected chi connectivity index (χ1v) is 11.5. The lowest BCUT2D eigenvalue weighted by atomic mass is 9.77. The molecular formula is C20H6Br2Cl4O5. The molecule has 0 atom stereocenters. The minimum absolute atomic E-state index is 0.0240. The molecule has 2 N–H and O–H groups in total. The van der Waals surface area contributed by atoms with Gasteiger partial charge in [-0.3, -0.25) is 0 Å². The summed E-state index contributed by atoms with van der Waals surface area (Å²) in [5.41, 5.74) is -0.791. The molecule has 2 aliphatic rings. The van der Waals surface area contributed by atoms with E-state index in [-0.39, 0.29) is 63.2 Å². The van der Waals surface area contributed by atoms with Gasteiger partial charge >= 0.3 is 5.97 Å². The van der Waals surface area contributed by atoms with Crippen LogP contribution in [0, 0.1) is 0 Å². The molecule has 5 nitrogen and oxygen atoms in total. The number of fused-ring (bicyclic) bond motifs is 6. The van der Waals surface area contributed by atoms with Gasteiger partial charge in [0.1, 0.15) is 20.4 Å². The van der Waals surface area contributed by atoms with Gasteiger partial charge in [0.15, 0.2) is 17.1 Å². The van der Waals surface area contributed by atoms with Crippen molar-refractivity contribution in [3.8, 4) is 23.0 Å². The summed E-state index contributed by atoms with van der Waals surface area (Å²) in [6.07, 6.45) is 0. The van der Waals surface area contributed by atoms with Crippen molar-refractivity contribution in [2.75, 3.05) is 0 Å². The minimum atomic E-state index is -1.64. The topological polar surface area (TPSA) is 76.0 Å². The van der Waals surface area contributed by atoms with Crippen LogP contribution in [0.25, 0.3) is 0 Å². The predicted octanol–water partition coefficient (Wildman–Crippen LogP) is 7.80. The standard InChI is InChI=1S/C20H6Br2Cl4O5/c21-11-7(27)3-1-5-17(11)30-18-6(2-4-8(28)12(18)22)20(5)10-9(19(29)31-20)13(23)15(25)16(26)14(10)24/h1-4,27-28H. The quantitative estimate of drug-likeness (QED) is 0.151. The fraction of sp³-hybridized carbons (Fsp3) is 0.0500. The highest BCUT2D eigenvalue weighted by molar-refractivity contribution is 9.11. The average molecular weight is 628 g/mol. The van der Waals surface area contributed by atoms with Gasteiger partial charge in [-0.15, -0.1) is 0 Å². The van der Waals surface area contributed by atoms with Crippen LogP contribution in [0.2, 0.25) is 20.1 Å². The molecule has 2 heterocycles. The molecule has 0 bridgehead atoms. The van der Waals surface area contributed by atoms with Crippen molar-refractivity contribution in [2.24, 2.45) is 0 Å². The summed E-state index contributed by atoms with van der Waals surface area (Å²) < 4.78 is 12.4. The largest absolute Gasteiger partial charge is 0.507 e. The van der Waals surface area contributed by atoms with E-state index in [2.05, 4.69) is 31.9 Å². The van der Waals surface area contributed by atoms with Crippen LogP contribution in [0.4, 0.5) is 0 Å². The van der Waals surface area contributed by atoms with E-state index in [0.717, 1.165) is 0 Å². The van der Waals surface area contributed by atoms with E-state index in [4.69, 9.17) is 55.9 Å². The number of carbonyl (C=O) groups excluding carboxylic acids is 1. The summed E-state index contributed by atoms with van der Waals surface area (Å²) >= 11 is 32.1. The summed E-state index contributed by atoms with van der Waals surface area (Å²) in [7, 11) is 0. The molecular weight excluding hydrogens is 622 g/mol. The first-order valence-electron chi connectivity index (χ1n) is 8.42. The molecule has 0 aromatic heterocycles. The van der Waals surface area contributed by atoms with Crippen LogP contribution in [0.5, 0.6) is 23.0 Å². The molecule has 11 heteroatoms. The number of hydrogen-bond acceptors (Lipinski definition) is 5. The molecule has 0 radical (unpaired) electrons. The van der Waals surface area contributed by atoms with E-state index in [9.17, 15) is 15.0 Å². The van der Waals surface area contributed by atoms with Crippen LogP contribution in [-0.2, 0) is 10.3 Å². The van der Waals surface area contributed by atoms with E-state index in [1.807, 2.05) is 0 Å². The van der Waals surface area contributed by atoms with Crippen molar-refractivity contribution in [2.45, 2.75) is 5.60 Å². The van der Waals surface area contributed by atoms with E-state index < -0.39 is 11.6 Å². The maximum absolute atomic E-state index is 13.1. The second kappa shape index (κ2) is 7.07. The molecule has 3 aromatic carbocycles. The van der Waals surface area contributed by atoms with Crippen LogP contribution < -0.4 is 4.74 Å². The molecule has 3 aromatic rings. The van der Waals surface area contributed by atoms with Crippen LogP contribution in [0.1, 0.15) is 27.0 Å². The highest BCUT2D eigenvalue weighted by atomic mass is 79.9. The summed E-state index contributed by atoms with van der Waals surface area (Å²) in [5, 5.41) is 20.2. The molecule has 0 aliphatic carbocycles. The molecule has 5 rings (SSSR count). The summed E-state index contributed by atoms with van der Waals surface area (Å²) in [5.74, 6) is -0.698. The van der Waals surface area contributed by atoms with Gasteiger partial charge in [-0.25, -0.2) is 4.79 Å². The number of phenols is 2. The fourth-order valence-corrected chi connectivity index (χ4v) is 5.78. The highest BCUT2D eigenvalue weighted by Gasteiger charge is 2.57. The Morgan fingerprint density at radius 2 is 1.26 bits per heavy atom. The fourth-order valence-electron chi connectivity index (χ4n) is 3.87. The Hall–Kier alpha value is -1.35. The molecule has 158 valence electrons. The Bertz CT molecular complexity index is 1300. The molecule has 1 spiro atoms. The van der Waals surface area contributed by atoms with Crippen LogP contribution >= 0.6 is 78.3 Å². The molecule has 0 saturated heterocycles. The predicted molar refractivity (Wildman–Crippen MR) is 123 cm³/mol. The van der Waals surface area contributed by atoms with E-state index >= 15 is 0 Å². The van der Waals surface area contributed by atoms with Crippen molar-refractivity contribution in [1.29, 1.82) is 0 Å². The maximum Gasteiger partial charge on any atom is 0.341 e. The number of phenolic OH excluding ortho intramolecular Hbond substituents is 2. The number of carbonyl (C=O) groups is 1. The van der Waals surface area contributed by atoms with Gasteiger partial charge in [-0.2, -0.15) is 0 Å². The lowest BCUT2D eigenvalue weighted by molar-refractivity contribution is 0.0223. The second-order valence-electron chi connectivity index (χ2n) is 6.73. The van der Waals surface area contributed by atoms with Gasteiger partial charge in [0, 0.05) is 16.7 Å². The lowest BCUT2D eigenvalue weighted by Gasteiger charge is -2.37. The van der Waals surface area contributed by atoms with Crippen LogP contribution in [0.3, 0.4) is 0 Å². The zero-order valence-corrected chi connectivity index (χ0v) is 20.9. The number of ether oxygens (including phenoxy) is 2. The van der Waals surface area contributed by atoms with Crippen molar-refractivity contribution < 1.29 is 24.5 Å². The zero-order chi connectivity index (χ0) is 22.4. The third-order valence-corrected chi connectivity index (χ3v) is 8.52. The first kappa shape index (κ1) is 21.5. The summed E-state index contributed by atoms with van der Waals surface area (Å²) in [4.78, 5) is 13.1.